The first-order valence-corrected chi connectivity index (χ1v) is 11.2. The highest BCUT2D eigenvalue weighted by Crippen LogP contribution is 2.34. The summed E-state index contributed by atoms with van der Waals surface area (Å²) in [6.45, 7) is 12.4. The van der Waals surface area contributed by atoms with E-state index in [0.29, 0.717) is 6.61 Å². The maximum absolute atomic E-state index is 5.89. The van der Waals surface area contributed by atoms with Crippen LogP contribution in [0.25, 0.3) is 6.08 Å². The average Bonchev–Trinajstić information content (AvgIpc) is 2.73. The summed E-state index contributed by atoms with van der Waals surface area (Å²) in [5.74, 6) is 2.53. The summed E-state index contributed by atoms with van der Waals surface area (Å²) >= 11 is 0. The van der Waals surface area contributed by atoms with E-state index in [9.17, 15) is 0 Å². The molecule has 28 heavy (non-hydrogen) atoms. The van der Waals surface area contributed by atoms with E-state index in [1.165, 1.54) is 50.5 Å². The maximum Gasteiger partial charge on any atom is 0.187 e. The first kappa shape index (κ1) is 22.7. The minimum Gasteiger partial charge on any atom is -0.483 e. The van der Waals surface area contributed by atoms with Crippen LogP contribution in [0, 0.1) is 6.92 Å². The van der Waals surface area contributed by atoms with Gasteiger partial charge in [-0.1, -0.05) is 65.7 Å². The lowest BCUT2D eigenvalue weighted by Crippen LogP contribution is -2.37. The Bertz CT molecular complexity index is 604. The van der Waals surface area contributed by atoms with Gasteiger partial charge in [0.05, 0.1) is 13.2 Å². The molecule has 5 nitrogen and oxygen atoms in total. The highest BCUT2D eigenvalue weighted by atomic mass is 16.5. The Labute approximate surface area is 171 Å². The van der Waals surface area contributed by atoms with Gasteiger partial charge in [-0.3, -0.25) is 0 Å². The fourth-order valence-corrected chi connectivity index (χ4v) is 3.43. The summed E-state index contributed by atoms with van der Waals surface area (Å²) < 4.78 is 11.3. The molecule has 0 atom stereocenters. The minimum atomic E-state index is 0.646. The molecule has 3 heterocycles. The largest absolute Gasteiger partial charge is 0.483 e. The maximum atomic E-state index is 5.89. The molecule has 158 valence electrons. The van der Waals surface area contributed by atoms with E-state index >= 15 is 0 Å². The van der Waals surface area contributed by atoms with Crippen molar-refractivity contribution in [3.63, 3.8) is 0 Å². The van der Waals surface area contributed by atoms with Gasteiger partial charge in [-0.2, -0.15) is 0 Å². The third-order valence-electron chi connectivity index (χ3n) is 5.20. The first-order valence-electron chi connectivity index (χ1n) is 11.2. The smallest absolute Gasteiger partial charge is 0.187 e. The van der Waals surface area contributed by atoms with E-state index in [-0.39, 0.29) is 0 Å². The van der Waals surface area contributed by atoms with Crippen LogP contribution < -0.4 is 9.64 Å². The van der Waals surface area contributed by atoms with E-state index in [1.54, 1.807) is 0 Å². The van der Waals surface area contributed by atoms with E-state index in [1.807, 2.05) is 6.92 Å². The van der Waals surface area contributed by atoms with Crippen molar-refractivity contribution in [2.75, 3.05) is 37.8 Å². The lowest BCUT2D eigenvalue weighted by Gasteiger charge is -2.30. The second-order valence-corrected chi connectivity index (χ2v) is 7.62. The van der Waals surface area contributed by atoms with Crippen LogP contribution in [0.2, 0.25) is 0 Å². The van der Waals surface area contributed by atoms with Gasteiger partial charge in [0, 0.05) is 13.1 Å². The van der Waals surface area contributed by atoms with Gasteiger partial charge in [-0.15, -0.1) is 0 Å². The second-order valence-electron chi connectivity index (χ2n) is 7.62. The van der Waals surface area contributed by atoms with Crippen molar-refractivity contribution >= 4 is 11.9 Å². The Morgan fingerprint density at radius 2 is 1.57 bits per heavy atom. The number of hydrogen-bond donors (Lipinski definition) is 0. The predicted molar refractivity (Wildman–Crippen MR) is 117 cm³/mol. The highest BCUT2D eigenvalue weighted by molar-refractivity contribution is 5.67. The number of fused-ring (bicyclic) bond motifs is 1. The second kappa shape index (κ2) is 12.8. The number of aryl methyl sites for hydroxylation is 1. The van der Waals surface area contributed by atoms with Crippen molar-refractivity contribution in [1.82, 2.24) is 9.97 Å². The zero-order valence-electron chi connectivity index (χ0n) is 18.4. The summed E-state index contributed by atoms with van der Waals surface area (Å²) in [7, 11) is 0. The molecule has 0 radical (unpaired) electrons. The zero-order chi connectivity index (χ0) is 20.2. The van der Waals surface area contributed by atoms with Gasteiger partial charge in [0.1, 0.15) is 18.1 Å². The average molecular weight is 390 g/mol. The molecule has 3 rings (SSSR count). The van der Waals surface area contributed by atoms with Crippen LogP contribution in [0.4, 0.5) is 5.82 Å². The van der Waals surface area contributed by atoms with Gasteiger partial charge in [0.15, 0.2) is 11.6 Å². The molecule has 1 fully saturated rings. The first-order chi connectivity index (χ1) is 13.7. The normalized spacial score (nSPS) is 15.9. The summed E-state index contributed by atoms with van der Waals surface area (Å²) in [5.41, 5.74) is 2.19. The lowest BCUT2D eigenvalue weighted by atomic mass is 10.1. The SMILES string of the molecule is CCC1=Cc2nc(C)nc(N3CCOCC3)c2OC1.CCCCCCCCC. The van der Waals surface area contributed by atoms with Crippen LogP contribution in [0.3, 0.4) is 0 Å². The number of morpholine rings is 1. The van der Waals surface area contributed by atoms with Gasteiger partial charge >= 0.3 is 0 Å². The summed E-state index contributed by atoms with van der Waals surface area (Å²) in [4.78, 5) is 11.3. The van der Waals surface area contributed by atoms with Crippen molar-refractivity contribution in [3.05, 3.63) is 17.1 Å². The molecule has 2 aliphatic rings. The van der Waals surface area contributed by atoms with Crippen LogP contribution in [0.15, 0.2) is 5.57 Å². The molecule has 5 heteroatoms. The standard InChI is InChI=1S/C14H19N3O2.C9H20/c1-3-11-8-12-13(19-9-11)14(16-10(2)15-12)17-4-6-18-7-5-17;1-3-5-7-9-8-6-4-2/h8H,3-7,9H2,1-2H3;3-9H2,1-2H3. The number of ether oxygens (including phenoxy) is 2. The fraction of sp³-hybridized carbons (Fsp3) is 0.739. The molecule has 0 bridgehead atoms. The van der Waals surface area contributed by atoms with E-state index in [2.05, 4.69) is 41.7 Å². The Morgan fingerprint density at radius 1 is 0.929 bits per heavy atom. The molecule has 0 spiro atoms. The van der Waals surface area contributed by atoms with Gasteiger partial charge in [0.25, 0.3) is 0 Å². The van der Waals surface area contributed by atoms with Crippen LogP contribution in [-0.4, -0.2) is 42.9 Å². The quantitative estimate of drug-likeness (QED) is 0.544. The minimum absolute atomic E-state index is 0.646. The Kier molecular flexibility index (Phi) is 10.3. The number of nitrogens with zero attached hydrogens (tertiary/aromatic N) is 3. The van der Waals surface area contributed by atoms with Gasteiger partial charge < -0.3 is 14.4 Å². The monoisotopic (exact) mass is 389 g/mol. The topological polar surface area (TPSA) is 47.5 Å². The molecule has 0 saturated carbocycles. The number of unbranched alkanes of at least 4 members (excludes halogenated alkanes) is 6. The van der Waals surface area contributed by atoms with Crippen molar-refractivity contribution in [1.29, 1.82) is 0 Å². The summed E-state index contributed by atoms with van der Waals surface area (Å²) in [6, 6.07) is 0. The van der Waals surface area contributed by atoms with E-state index < -0.39 is 0 Å². The van der Waals surface area contributed by atoms with Crippen molar-refractivity contribution in [3.8, 4) is 5.75 Å². The number of hydrogen-bond acceptors (Lipinski definition) is 5. The zero-order valence-corrected chi connectivity index (χ0v) is 18.4. The number of aromatic nitrogens is 2. The molecule has 1 saturated heterocycles. The third kappa shape index (κ3) is 7.08. The molecular weight excluding hydrogens is 350 g/mol. The Morgan fingerprint density at radius 3 is 2.18 bits per heavy atom. The molecule has 2 aliphatic heterocycles. The third-order valence-corrected chi connectivity index (χ3v) is 5.20. The molecule has 0 amide bonds. The van der Waals surface area contributed by atoms with Gasteiger partial charge in [-0.25, -0.2) is 9.97 Å². The molecule has 0 aromatic carbocycles. The molecule has 0 aliphatic carbocycles. The van der Waals surface area contributed by atoms with Gasteiger partial charge in [-0.05, 0) is 25.0 Å². The van der Waals surface area contributed by atoms with Crippen LogP contribution in [0.5, 0.6) is 5.75 Å². The van der Waals surface area contributed by atoms with Crippen molar-refractivity contribution in [2.45, 2.75) is 79.1 Å². The van der Waals surface area contributed by atoms with Crippen molar-refractivity contribution < 1.29 is 9.47 Å². The molecule has 0 unspecified atom stereocenters. The van der Waals surface area contributed by atoms with Crippen molar-refractivity contribution in [2.24, 2.45) is 0 Å². The van der Waals surface area contributed by atoms with E-state index in [4.69, 9.17) is 9.47 Å². The summed E-state index contributed by atoms with van der Waals surface area (Å²) in [5, 5.41) is 0. The number of anilines is 1. The molecule has 0 N–H and O–H groups in total. The summed E-state index contributed by atoms with van der Waals surface area (Å²) in [6.07, 6.45) is 13.1. The van der Waals surface area contributed by atoms with Gasteiger partial charge in [0.2, 0.25) is 0 Å². The lowest BCUT2D eigenvalue weighted by molar-refractivity contribution is 0.122. The Hall–Kier alpha value is -1.62. The van der Waals surface area contributed by atoms with Crippen LogP contribution in [-0.2, 0) is 4.74 Å². The number of rotatable bonds is 8. The predicted octanol–water partition coefficient (Wildman–Crippen LogP) is 5.56. The molecule has 1 aromatic heterocycles. The molecule has 1 aromatic rings. The molecular formula is C23H39N3O2. The van der Waals surface area contributed by atoms with Crippen LogP contribution >= 0.6 is 0 Å². The van der Waals surface area contributed by atoms with E-state index in [0.717, 1.165) is 55.8 Å². The van der Waals surface area contributed by atoms with Crippen LogP contribution in [0.1, 0.15) is 83.7 Å². The highest BCUT2D eigenvalue weighted by Gasteiger charge is 2.23. The fourth-order valence-electron chi connectivity index (χ4n) is 3.43. The Balaban J connectivity index is 0.000000266.